The summed E-state index contributed by atoms with van der Waals surface area (Å²) in [6.07, 6.45) is 5.90. The minimum Gasteiger partial charge on any atom is -0.492 e. The van der Waals surface area contributed by atoms with Crippen LogP contribution in [0.1, 0.15) is 49.3 Å². The first-order valence-corrected chi connectivity index (χ1v) is 10.1. The number of halogens is 1. The van der Waals surface area contributed by atoms with Gasteiger partial charge in [-0.15, -0.1) is 0 Å². The Labute approximate surface area is 162 Å². The predicted octanol–water partition coefficient (Wildman–Crippen LogP) is 3.16. The van der Waals surface area contributed by atoms with Gasteiger partial charge in [-0.25, -0.2) is 0 Å². The van der Waals surface area contributed by atoms with Gasteiger partial charge in [-0.1, -0.05) is 12.8 Å². The van der Waals surface area contributed by atoms with Crippen LogP contribution in [0, 0.1) is 0 Å². The maximum atomic E-state index is 12.7. The number of hydrogen-bond donors (Lipinski definition) is 1. The zero-order valence-corrected chi connectivity index (χ0v) is 16.9. The Morgan fingerprint density at radius 1 is 1.31 bits per heavy atom. The van der Waals surface area contributed by atoms with Crippen molar-refractivity contribution in [2.75, 3.05) is 27.5 Å². The van der Waals surface area contributed by atoms with Crippen LogP contribution in [0.5, 0.6) is 17.2 Å². The van der Waals surface area contributed by atoms with Crippen molar-refractivity contribution in [2.45, 2.75) is 50.6 Å². The highest BCUT2D eigenvalue weighted by molar-refractivity contribution is 9.10. The molecule has 3 aliphatic rings. The Bertz CT molecular complexity index is 718. The predicted molar refractivity (Wildman–Crippen MR) is 101 cm³/mol. The van der Waals surface area contributed by atoms with Crippen LogP contribution in [-0.2, 0) is 11.2 Å². The van der Waals surface area contributed by atoms with Gasteiger partial charge >= 0.3 is 0 Å². The first-order chi connectivity index (χ1) is 12.6. The molecule has 1 aromatic carbocycles. The van der Waals surface area contributed by atoms with Gasteiger partial charge in [0, 0.05) is 30.6 Å². The lowest BCUT2D eigenvalue weighted by molar-refractivity contribution is -0.123. The van der Waals surface area contributed by atoms with Crippen LogP contribution in [0.3, 0.4) is 0 Å². The van der Waals surface area contributed by atoms with E-state index in [1.54, 1.807) is 7.11 Å². The molecular weight excluding hydrogens is 400 g/mol. The van der Waals surface area contributed by atoms with E-state index < -0.39 is 0 Å². The van der Waals surface area contributed by atoms with E-state index in [1.165, 1.54) is 12.8 Å². The Morgan fingerprint density at radius 3 is 2.77 bits per heavy atom. The topological polar surface area (TPSA) is 60.0 Å². The van der Waals surface area contributed by atoms with Crippen LogP contribution in [0.25, 0.3) is 0 Å². The van der Waals surface area contributed by atoms with Crippen LogP contribution in [0.2, 0.25) is 0 Å². The number of nitrogens with zero attached hydrogens (tertiary/aromatic N) is 1. The first kappa shape index (κ1) is 17.9. The van der Waals surface area contributed by atoms with Gasteiger partial charge in [0.25, 0.3) is 0 Å². The number of amides is 1. The third kappa shape index (κ3) is 3.05. The average molecular weight is 425 g/mol. The van der Waals surface area contributed by atoms with Crippen molar-refractivity contribution in [1.82, 2.24) is 10.2 Å². The number of hydrogen-bond acceptors (Lipinski definition) is 5. The summed E-state index contributed by atoms with van der Waals surface area (Å²) in [5.41, 5.74) is 2.20. The van der Waals surface area contributed by atoms with Gasteiger partial charge in [-0.3, -0.25) is 9.69 Å². The molecule has 4 rings (SSSR count). The van der Waals surface area contributed by atoms with Crippen molar-refractivity contribution < 1.29 is 19.0 Å². The summed E-state index contributed by atoms with van der Waals surface area (Å²) in [6.45, 7) is 1.08. The fraction of sp³-hybridized carbons (Fsp3) is 0.632. The molecule has 2 aliphatic heterocycles. The second kappa shape index (κ2) is 7.27. The maximum Gasteiger partial charge on any atom is 0.231 e. The molecule has 6 nitrogen and oxygen atoms in total. The Morgan fingerprint density at radius 2 is 2.04 bits per heavy atom. The molecule has 1 N–H and O–H groups in total. The minimum atomic E-state index is -0.0408. The second-order valence-electron chi connectivity index (χ2n) is 7.30. The molecule has 26 heavy (non-hydrogen) atoms. The molecule has 0 aromatic heterocycles. The van der Waals surface area contributed by atoms with Crippen molar-refractivity contribution in [3.8, 4) is 17.2 Å². The number of methoxy groups -OCH3 is 1. The molecule has 1 fully saturated rings. The molecule has 7 heteroatoms. The monoisotopic (exact) mass is 424 g/mol. The van der Waals surface area contributed by atoms with Crippen LogP contribution < -0.4 is 19.5 Å². The zero-order valence-electron chi connectivity index (χ0n) is 15.3. The lowest BCUT2D eigenvalue weighted by Crippen LogP contribution is -2.39. The molecule has 0 saturated heterocycles. The van der Waals surface area contributed by atoms with Gasteiger partial charge in [-0.05, 0) is 47.8 Å². The fourth-order valence-corrected chi connectivity index (χ4v) is 5.09. The summed E-state index contributed by atoms with van der Waals surface area (Å²) in [5.74, 6) is 2.15. The molecule has 0 bridgehead atoms. The van der Waals surface area contributed by atoms with Crippen LogP contribution in [0.4, 0.5) is 0 Å². The largest absolute Gasteiger partial charge is 0.492 e. The highest BCUT2D eigenvalue weighted by Gasteiger charge is 2.37. The van der Waals surface area contributed by atoms with Crippen molar-refractivity contribution in [2.24, 2.45) is 0 Å². The number of carbonyl (C=O) groups excluding carboxylic acids is 1. The first-order valence-electron chi connectivity index (χ1n) is 9.27. The Kier molecular flexibility index (Phi) is 5.01. The highest BCUT2D eigenvalue weighted by Crippen LogP contribution is 2.54. The van der Waals surface area contributed by atoms with E-state index in [-0.39, 0.29) is 18.7 Å². The lowest BCUT2D eigenvalue weighted by Gasteiger charge is -2.36. The lowest BCUT2D eigenvalue weighted by atomic mass is 9.89. The third-order valence-corrected chi connectivity index (χ3v) is 6.57. The number of likely N-dealkylation sites (N-methyl/N-ethyl adjacent to an activating group) is 1. The van der Waals surface area contributed by atoms with Gasteiger partial charge < -0.3 is 19.5 Å². The number of benzene rings is 1. The molecule has 1 atom stereocenters. The number of ether oxygens (including phenoxy) is 3. The van der Waals surface area contributed by atoms with Crippen molar-refractivity contribution in [3.63, 3.8) is 0 Å². The maximum absolute atomic E-state index is 12.7. The van der Waals surface area contributed by atoms with E-state index in [0.29, 0.717) is 29.7 Å². The molecule has 1 saturated carbocycles. The van der Waals surface area contributed by atoms with E-state index >= 15 is 0 Å². The fourth-order valence-electron chi connectivity index (χ4n) is 4.38. The molecule has 1 aromatic rings. The average Bonchev–Trinajstić information content (AvgIpc) is 3.30. The van der Waals surface area contributed by atoms with E-state index in [9.17, 15) is 4.79 Å². The van der Waals surface area contributed by atoms with Gasteiger partial charge in [-0.2, -0.15) is 0 Å². The van der Waals surface area contributed by atoms with E-state index in [0.717, 1.165) is 41.4 Å². The summed E-state index contributed by atoms with van der Waals surface area (Å²) < 4.78 is 17.9. The molecule has 0 unspecified atom stereocenters. The zero-order chi connectivity index (χ0) is 18.3. The van der Waals surface area contributed by atoms with Crippen molar-refractivity contribution in [1.29, 1.82) is 0 Å². The van der Waals surface area contributed by atoms with Crippen LogP contribution >= 0.6 is 15.9 Å². The quantitative estimate of drug-likeness (QED) is 0.803. The molecule has 0 spiro atoms. The summed E-state index contributed by atoms with van der Waals surface area (Å²) in [5, 5.41) is 3.21. The molecular formula is C19H25BrN2O4. The number of nitrogens with one attached hydrogen (secondary N) is 1. The molecule has 0 radical (unpaired) electrons. The van der Waals surface area contributed by atoms with Crippen LogP contribution in [0.15, 0.2) is 4.47 Å². The van der Waals surface area contributed by atoms with Gasteiger partial charge in [0.2, 0.25) is 18.4 Å². The van der Waals surface area contributed by atoms with E-state index in [2.05, 4.69) is 33.2 Å². The number of rotatable bonds is 4. The van der Waals surface area contributed by atoms with E-state index in [4.69, 9.17) is 14.2 Å². The molecule has 142 valence electrons. The molecule has 2 heterocycles. The molecule has 1 aliphatic carbocycles. The minimum absolute atomic E-state index is 0.0408. The molecule has 1 amide bonds. The summed E-state index contributed by atoms with van der Waals surface area (Å²) in [4.78, 5) is 14.9. The smallest absolute Gasteiger partial charge is 0.231 e. The summed E-state index contributed by atoms with van der Waals surface area (Å²) in [7, 11) is 3.71. The van der Waals surface area contributed by atoms with Gasteiger partial charge in [0.05, 0.1) is 11.6 Å². The summed E-state index contributed by atoms with van der Waals surface area (Å²) in [6, 6.07) is 0.294. The highest BCUT2D eigenvalue weighted by atomic mass is 79.9. The third-order valence-electron chi connectivity index (χ3n) is 5.74. The van der Waals surface area contributed by atoms with Crippen molar-refractivity contribution in [3.05, 3.63) is 15.6 Å². The van der Waals surface area contributed by atoms with E-state index in [1.807, 2.05) is 0 Å². The normalized spacial score (nSPS) is 22.3. The van der Waals surface area contributed by atoms with Crippen molar-refractivity contribution >= 4 is 21.8 Å². The second-order valence-corrected chi connectivity index (χ2v) is 8.10. The Hall–Kier alpha value is -1.47. The standard InChI is InChI=1S/C19H25BrN2O4/c1-22-8-7-12-15(13(22)9-14(23)21-11-5-3-4-6-11)17(24-2)19-18(16(12)20)25-10-26-19/h11,13H,3-10H2,1-2H3,(H,21,23)/t13-/m0/s1. The Balaban J connectivity index is 1.67. The van der Waals surface area contributed by atoms with Gasteiger partial charge in [0.1, 0.15) is 0 Å². The summed E-state index contributed by atoms with van der Waals surface area (Å²) >= 11 is 3.69. The van der Waals surface area contributed by atoms with Gasteiger partial charge in [0.15, 0.2) is 11.5 Å². The van der Waals surface area contributed by atoms with Crippen LogP contribution in [-0.4, -0.2) is 44.3 Å². The number of carbonyl (C=O) groups is 1. The SMILES string of the molecule is COc1c2c(c(Br)c3c1[C@H](CC(=O)NC1CCCC1)N(C)CC3)OCO2. The number of fused-ring (bicyclic) bond motifs is 2.